The van der Waals surface area contributed by atoms with Crippen molar-refractivity contribution in [3.8, 4) is 5.75 Å². The number of hydrogen-bond acceptors (Lipinski definition) is 3. The number of aryl methyl sites for hydroxylation is 1. The molecular formula is C16H15ClO3S. The van der Waals surface area contributed by atoms with Crippen LogP contribution in [0.4, 0.5) is 0 Å². The maximum atomic E-state index is 11.1. The van der Waals surface area contributed by atoms with Gasteiger partial charge >= 0.3 is 5.97 Å². The normalized spacial score (nSPS) is 10.4. The van der Waals surface area contributed by atoms with Crippen LogP contribution in [-0.4, -0.2) is 23.4 Å². The van der Waals surface area contributed by atoms with Crippen LogP contribution < -0.4 is 4.74 Å². The van der Waals surface area contributed by atoms with Gasteiger partial charge < -0.3 is 9.84 Å². The van der Waals surface area contributed by atoms with E-state index in [-0.39, 0.29) is 0 Å². The van der Waals surface area contributed by atoms with Crippen molar-refractivity contribution in [3.05, 3.63) is 58.6 Å². The van der Waals surface area contributed by atoms with Crippen LogP contribution >= 0.6 is 23.4 Å². The molecule has 0 aliphatic rings. The Hall–Kier alpha value is -1.65. The zero-order valence-corrected chi connectivity index (χ0v) is 13.1. The van der Waals surface area contributed by atoms with E-state index in [2.05, 4.69) is 0 Å². The molecule has 0 radical (unpaired) electrons. The van der Waals surface area contributed by atoms with Crippen molar-refractivity contribution >= 4 is 29.3 Å². The summed E-state index contributed by atoms with van der Waals surface area (Å²) in [5.41, 5.74) is 1.11. The first-order valence-electron chi connectivity index (χ1n) is 6.41. The lowest BCUT2D eigenvalue weighted by Crippen LogP contribution is -2.01. The van der Waals surface area contributed by atoms with Crippen molar-refractivity contribution in [2.75, 3.05) is 12.4 Å². The third-order valence-electron chi connectivity index (χ3n) is 2.87. The lowest BCUT2D eigenvalue weighted by molar-refractivity contribution is 0.0696. The maximum absolute atomic E-state index is 11.1. The van der Waals surface area contributed by atoms with Crippen LogP contribution in [0.15, 0.2) is 47.4 Å². The third-order valence-corrected chi connectivity index (χ3v) is 4.08. The quantitative estimate of drug-likeness (QED) is 0.627. The fourth-order valence-corrected chi connectivity index (χ4v) is 2.66. The standard InChI is InChI=1S/C16H15ClO3S/c1-11-2-7-14(10-15(11)16(18)19)21-9-8-20-13-5-3-12(17)4-6-13/h2-7,10H,8-9H2,1H3,(H,18,19). The molecular weight excluding hydrogens is 308 g/mol. The molecule has 2 rings (SSSR count). The highest BCUT2D eigenvalue weighted by Crippen LogP contribution is 2.22. The summed E-state index contributed by atoms with van der Waals surface area (Å²) in [6.07, 6.45) is 0. The zero-order chi connectivity index (χ0) is 15.2. The first kappa shape index (κ1) is 15.7. The van der Waals surface area contributed by atoms with Gasteiger partial charge in [0.15, 0.2) is 0 Å². The van der Waals surface area contributed by atoms with Gasteiger partial charge in [0.1, 0.15) is 5.75 Å². The predicted octanol–water partition coefficient (Wildman–Crippen LogP) is 4.52. The number of ether oxygens (including phenoxy) is 1. The molecule has 0 aromatic heterocycles. The molecule has 0 atom stereocenters. The van der Waals surface area contributed by atoms with Crippen molar-refractivity contribution in [1.82, 2.24) is 0 Å². The number of hydrogen-bond donors (Lipinski definition) is 1. The second-order valence-corrected chi connectivity index (χ2v) is 6.04. The summed E-state index contributed by atoms with van der Waals surface area (Å²) in [4.78, 5) is 12.0. The molecule has 0 aliphatic heterocycles. The minimum atomic E-state index is -0.896. The van der Waals surface area contributed by atoms with Gasteiger partial charge in [-0.2, -0.15) is 0 Å². The highest BCUT2D eigenvalue weighted by molar-refractivity contribution is 7.99. The average Bonchev–Trinajstić information content (AvgIpc) is 2.46. The minimum Gasteiger partial charge on any atom is -0.493 e. The fourth-order valence-electron chi connectivity index (χ4n) is 1.77. The van der Waals surface area contributed by atoms with Crippen LogP contribution in [0.25, 0.3) is 0 Å². The van der Waals surface area contributed by atoms with Crippen molar-refractivity contribution < 1.29 is 14.6 Å². The van der Waals surface area contributed by atoms with Crippen molar-refractivity contribution in [2.45, 2.75) is 11.8 Å². The van der Waals surface area contributed by atoms with Gasteiger partial charge in [0, 0.05) is 15.7 Å². The number of halogens is 1. The summed E-state index contributed by atoms with van der Waals surface area (Å²) >= 11 is 7.37. The molecule has 0 bridgehead atoms. The summed E-state index contributed by atoms with van der Waals surface area (Å²) in [5, 5.41) is 9.77. The zero-order valence-electron chi connectivity index (χ0n) is 11.5. The summed E-state index contributed by atoms with van der Waals surface area (Å²) in [5.74, 6) is 0.618. The fraction of sp³-hybridized carbons (Fsp3) is 0.188. The van der Waals surface area contributed by atoms with Crippen molar-refractivity contribution in [3.63, 3.8) is 0 Å². The second kappa shape index (κ2) is 7.38. The molecule has 0 saturated carbocycles. The molecule has 3 nitrogen and oxygen atoms in total. The smallest absolute Gasteiger partial charge is 0.335 e. The van der Waals surface area contributed by atoms with Crippen molar-refractivity contribution in [2.24, 2.45) is 0 Å². The van der Waals surface area contributed by atoms with E-state index in [0.717, 1.165) is 22.0 Å². The van der Waals surface area contributed by atoms with E-state index in [1.165, 1.54) is 0 Å². The van der Waals surface area contributed by atoms with E-state index in [1.807, 2.05) is 24.3 Å². The van der Waals surface area contributed by atoms with Crippen LogP contribution in [0.5, 0.6) is 5.75 Å². The number of carboxylic acids is 1. The lowest BCUT2D eigenvalue weighted by Gasteiger charge is -2.07. The molecule has 0 fully saturated rings. The van der Waals surface area contributed by atoms with Gasteiger partial charge in [0.05, 0.1) is 12.2 Å². The van der Waals surface area contributed by atoms with E-state index < -0.39 is 5.97 Å². The second-order valence-electron chi connectivity index (χ2n) is 4.43. The van der Waals surface area contributed by atoms with E-state index in [0.29, 0.717) is 17.2 Å². The monoisotopic (exact) mass is 322 g/mol. The first-order chi connectivity index (χ1) is 10.1. The lowest BCUT2D eigenvalue weighted by atomic mass is 10.1. The largest absolute Gasteiger partial charge is 0.493 e. The van der Waals surface area contributed by atoms with E-state index in [1.54, 1.807) is 36.9 Å². The first-order valence-corrected chi connectivity index (χ1v) is 7.78. The molecule has 0 spiro atoms. The summed E-state index contributed by atoms with van der Waals surface area (Å²) in [6.45, 7) is 2.34. The molecule has 0 unspecified atom stereocenters. The Bertz CT molecular complexity index is 626. The van der Waals surface area contributed by atoms with Gasteiger partial charge in [0.2, 0.25) is 0 Å². The van der Waals surface area contributed by atoms with Gasteiger partial charge in [-0.05, 0) is 48.9 Å². The van der Waals surface area contributed by atoms with Gasteiger partial charge in [-0.3, -0.25) is 0 Å². The number of carboxylic acid groups (broad SMARTS) is 1. The van der Waals surface area contributed by atoms with Crippen LogP contribution in [0.2, 0.25) is 5.02 Å². The molecule has 0 aliphatic carbocycles. The number of thioether (sulfide) groups is 1. The molecule has 2 aromatic rings. The molecule has 2 aromatic carbocycles. The summed E-state index contributed by atoms with van der Waals surface area (Å²) in [7, 11) is 0. The average molecular weight is 323 g/mol. The summed E-state index contributed by atoms with van der Waals surface area (Å²) < 4.78 is 5.59. The Morgan fingerprint density at radius 1 is 1.24 bits per heavy atom. The van der Waals surface area contributed by atoms with E-state index >= 15 is 0 Å². The van der Waals surface area contributed by atoms with Crippen LogP contribution in [-0.2, 0) is 0 Å². The molecule has 110 valence electrons. The van der Waals surface area contributed by atoms with Gasteiger partial charge in [-0.15, -0.1) is 11.8 Å². The molecule has 0 heterocycles. The Labute approximate surface area is 132 Å². The highest BCUT2D eigenvalue weighted by Gasteiger charge is 2.07. The Morgan fingerprint density at radius 2 is 1.95 bits per heavy atom. The molecule has 21 heavy (non-hydrogen) atoms. The predicted molar refractivity (Wildman–Crippen MR) is 85.8 cm³/mol. The van der Waals surface area contributed by atoms with E-state index in [4.69, 9.17) is 21.4 Å². The Balaban J connectivity index is 1.85. The molecule has 1 N–H and O–H groups in total. The SMILES string of the molecule is Cc1ccc(SCCOc2ccc(Cl)cc2)cc1C(=O)O. The van der Waals surface area contributed by atoms with Crippen molar-refractivity contribution in [1.29, 1.82) is 0 Å². The van der Waals surface area contributed by atoms with Gasteiger partial charge in [-0.1, -0.05) is 17.7 Å². The van der Waals surface area contributed by atoms with Crippen LogP contribution in [0, 0.1) is 6.92 Å². The Kier molecular flexibility index (Phi) is 5.53. The van der Waals surface area contributed by atoms with Gasteiger partial charge in [0.25, 0.3) is 0 Å². The van der Waals surface area contributed by atoms with Gasteiger partial charge in [-0.25, -0.2) is 4.79 Å². The van der Waals surface area contributed by atoms with Crippen LogP contribution in [0.3, 0.4) is 0 Å². The number of carbonyl (C=O) groups is 1. The number of aromatic carboxylic acids is 1. The molecule has 0 saturated heterocycles. The number of rotatable bonds is 6. The minimum absolute atomic E-state index is 0.346. The van der Waals surface area contributed by atoms with Crippen LogP contribution in [0.1, 0.15) is 15.9 Å². The summed E-state index contributed by atoms with van der Waals surface area (Å²) in [6, 6.07) is 12.7. The Morgan fingerprint density at radius 3 is 2.62 bits per heavy atom. The highest BCUT2D eigenvalue weighted by atomic mass is 35.5. The molecule has 5 heteroatoms. The topological polar surface area (TPSA) is 46.5 Å². The number of benzene rings is 2. The molecule has 0 amide bonds. The van der Waals surface area contributed by atoms with E-state index in [9.17, 15) is 4.79 Å². The third kappa shape index (κ3) is 4.69. The maximum Gasteiger partial charge on any atom is 0.335 e.